The Balaban J connectivity index is 1.76. The normalized spacial score (nSPS) is 12.5. The predicted molar refractivity (Wildman–Crippen MR) is 147 cm³/mol. The van der Waals surface area contributed by atoms with Crippen molar-refractivity contribution < 1.29 is 5.11 Å². The third-order valence-electron chi connectivity index (χ3n) is 6.55. The zero-order valence-electron chi connectivity index (χ0n) is 20.7. The summed E-state index contributed by atoms with van der Waals surface area (Å²) in [5.41, 5.74) is 4.88. The SMILES string of the molecule is CC(C)(C)c1cc(-c2nc(-c3c4ccccc4cc4ccccc34)cs2)c(O)c(C(C)(C)C)c1. The second kappa shape index (κ2) is 7.95. The molecule has 1 N–H and O–H groups in total. The van der Waals surface area contributed by atoms with E-state index in [1.807, 2.05) is 0 Å². The van der Waals surface area contributed by atoms with E-state index in [1.54, 1.807) is 11.3 Å². The lowest BCUT2D eigenvalue weighted by Gasteiger charge is -2.27. The van der Waals surface area contributed by atoms with Crippen LogP contribution < -0.4 is 0 Å². The van der Waals surface area contributed by atoms with E-state index in [4.69, 9.17) is 4.98 Å². The van der Waals surface area contributed by atoms with Crippen LogP contribution in [0.5, 0.6) is 5.75 Å². The van der Waals surface area contributed by atoms with E-state index in [2.05, 4.69) is 114 Å². The van der Waals surface area contributed by atoms with Gasteiger partial charge in [0.2, 0.25) is 0 Å². The van der Waals surface area contributed by atoms with E-state index in [9.17, 15) is 5.11 Å². The minimum Gasteiger partial charge on any atom is -0.507 e. The Morgan fingerprint density at radius 2 is 1.32 bits per heavy atom. The van der Waals surface area contributed by atoms with Gasteiger partial charge >= 0.3 is 0 Å². The zero-order chi connectivity index (χ0) is 24.3. The van der Waals surface area contributed by atoms with Crippen molar-refractivity contribution in [3.8, 4) is 27.6 Å². The summed E-state index contributed by atoms with van der Waals surface area (Å²) in [5, 5.41) is 19.1. The summed E-state index contributed by atoms with van der Waals surface area (Å²) >= 11 is 1.60. The molecule has 2 nitrogen and oxygen atoms in total. The second-order valence-electron chi connectivity index (χ2n) is 11.2. The summed E-state index contributed by atoms with van der Waals surface area (Å²) in [6, 6.07) is 23.5. The molecule has 3 heteroatoms. The molecule has 5 aromatic rings. The first-order chi connectivity index (χ1) is 16.0. The summed E-state index contributed by atoms with van der Waals surface area (Å²) in [7, 11) is 0. The highest BCUT2D eigenvalue weighted by molar-refractivity contribution is 7.13. The number of rotatable bonds is 2. The van der Waals surface area contributed by atoms with E-state index in [0.717, 1.165) is 27.4 Å². The smallest absolute Gasteiger partial charge is 0.129 e. The Morgan fingerprint density at radius 3 is 1.88 bits per heavy atom. The van der Waals surface area contributed by atoms with Crippen molar-refractivity contribution >= 4 is 32.9 Å². The van der Waals surface area contributed by atoms with Crippen molar-refractivity contribution in [2.45, 2.75) is 52.4 Å². The molecule has 0 spiro atoms. The standard InChI is InChI=1S/C31H31NOS/c1-30(2,3)21-16-24(28(33)25(17-21)31(4,5)6)29-32-26(18-34-29)27-22-13-9-7-11-19(22)15-20-12-8-10-14-23(20)27/h7-18,33H,1-6H3. The molecule has 0 saturated heterocycles. The second-order valence-corrected chi connectivity index (χ2v) is 12.0. The van der Waals surface area contributed by atoms with Crippen LogP contribution in [0.25, 0.3) is 43.4 Å². The molecule has 0 saturated carbocycles. The first kappa shape index (κ1) is 22.6. The van der Waals surface area contributed by atoms with Gasteiger partial charge in [-0.3, -0.25) is 0 Å². The number of hydrogen-bond donors (Lipinski definition) is 1. The number of phenolic OH excluding ortho intramolecular Hbond substituents is 1. The van der Waals surface area contributed by atoms with Crippen molar-refractivity contribution in [3.05, 3.63) is 83.2 Å². The van der Waals surface area contributed by atoms with Gasteiger partial charge in [0, 0.05) is 16.5 Å². The van der Waals surface area contributed by atoms with Crippen LogP contribution in [0.1, 0.15) is 52.7 Å². The Kier molecular flexibility index (Phi) is 5.29. The minimum atomic E-state index is -0.175. The largest absolute Gasteiger partial charge is 0.507 e. The maximum absolute atomic E-state index is 11.4. The number of thiazole rings is 1. The minimum absolute atomic E-state index is 0.0334. The molecule has 5 rings (SSSR count). The van der Waals surface area contributed by atoms with Gasteiger partial charge in [-0.25, -0.2) is 4.98 Å². The average molecular weight is 466 g/mol. The monoisotopic (exact) mass is 465 g/mol. The van der Waals surface area contributed by atoms with Gasteiger partial charge in [-0.1, -0.05) is 96.1 Å². The number of aromatic nitrogens is 1. The fourth-order valence-corrected chi connectivity index (χ4v) is 5.43. The van der Waals surface area contributed by atoms with Crippen LogP contribution in [0.2, 0.25) is 0 Å². The molecule has 172 valence electrons. The number of fused-ring (bicyclic) bond motifs is 2. The Bertz CT molecular complexity index is 1480. The summed E-state index contributed by atoms with van der Waals surface area (Å²) in [6.45, 7) is 13.1. The van der Waals surface area contributed by atoms with Crippen LogP contribution in [0, 0.1) is 0 Å². The van der Waals surface area contributed by atoms with Crippen LogP contribution in [-0.4, -0.2) is 10.1 Å². The lowest BCUT2D eigenvalue weighted by Crippen LogP contribution is -2.17. The first-order valence-corrected chi connectivity index (χ1v) is 12.7. The number of nitrogens with zero attached hydrogens (tertiary/aromatic N) is 1. The predicted octanol–water partition coefficient (Wildman–Crippen LogP) is 9.08. The van der Waals surface area contributed by atoms with Crippen LogP contribution >= 0.6 is 11.3 Å². The lowest BCUT2D eigenvalue weighted by molar-refractivity contribution is 0.446. The highest BCUT2D eigenvalue weighted by Gasteiger charge is 2.26. The van der Waals surface area contributed by atoms with E-state index in [0.29, 0.717) is 5.75 Å². The highest BCUT2D eigenvalue weighted by Crippen LogP contribution is 2.44. The van der Waals surface area contributed by atoms with Crippen LogP contribution in [0.15, 0.2) is 72.1 Å². The number of aromatic hydroxyl groups is 1. The van der Waals surface area contributed by atoms with E-state index < -0.39 is 0 Å². The third-order valence-corrected chi connectivity index (χ3v) is 7.42. The van der Waals surface area contributed by atoms with E-state index >= 15 is 0 Å². The Labute approximate surface area is 205 Å². The van der Waals surface area contributed by atoms with Gasteiger partial charge in [0.15, 0.2) is 0 Å². The highest BCUT2D eigenvalue weighted by atomic mass is 32.1. The van der Waals surface area contributed by atoms with E-state index in [1.165, 1.54) is 27.1 Å². The number of hydrogen-bond acceptors (Lipinski definition) is 3. The van der Waals surface area contributed by atoms with Gasteiger partial charge in [-0.05, 0) is 50.1 Å². The molecule has 34 heavy (non-hydrogen) atoms. The molecule has 0 radical (unpaired) electrons. The lowest BCUT2D eigenvalue weighted by atomic mass is 9.79. The van der Waals surface area contributed by atoms with Crippen molar-refractivity contribution in [1.82, 2.24) is 4.98 Å². The van der Waals surface area contributed by atoms with Crippen LogP contribution in [0.4, 0.5) is 0 Å². The molecule has 0 amide bonds. The molecule has 1 heterocycles. The van der Waals surface area contributed by atoms with Gasteiger partial charge < -0.3 is 5.11 Å². The molecule has 0 aliphatic carbocycles. The van der Waals surface area contributed by atoms with Crippen molar-refractivity contribution in [3.63, 3.8) is 0 Å². The molecular weight excluding hydrogens is 434 g/mol. The summed E-state index contributed by atoms with van der Waals surface area (Å²) in [6.07, 6.45) is 0. The first-order valence-electron chi connectivity index (χ1n) is 11.8. The molecule has 0 atom stereocenters. The fourth-order valence-electron chi connectivity index (χ4n) is 4.60. The van der Waals surface area contributed by atoms with Gasteiger partial charge in [-0.15, -0.1) is 11.3 Å². The number of phenols is 1. The van der Waals surface area contributed by atoms with Crippen LogP contribution in [-0.2, 0) is 10.8 Å². The fraction of sp³-hybridized carbons (Fsp3) is 0.258. The van der Waals surface area contributed by atoms with Crippen molar-refractivity contribution in [1.29, 1.82) is 0 Å². The van der Waals surface area contributed by atoms with Gasteiger partial charge in [0.25, 0.3) is 0 Å². The van der Waals surface area contributed by atoms with Crippen molar-refractivity contribution in [2.24, 2.45) is 0 Å². The van der Waals surface area contributed by atoms with Gasteiger partial charge in [0.05, 0.1) is 11.3 Å². The topological polar surface area (TPSA) is 33.1 Å². The molecular formula is C31H31NOS. The van der Waals surface area contributed by atoms with Crippen LogP contribution in [0.3, 0.4) is 0 Å². The van der Waals surface area contributed by atoms with Crippen molar-refractivity contribution in [2.75, 3.05) is 0 Å². The average Bonchev–Trinajstić information content (AvgIpc) is 3.25. The Morgan fingerprint density at radius 1 is 0.735 bits per heavy atom. The molecule has 0 bridgehead atoms. The molecule has 0 unspecified atom stereocenters. The number of benzene rings is 4. The maximum Gasteiger partial charge on any atom is 0.129 e. The summed E-state index contributed by atoms with van der Waals surface area (Å²) in [5.74, 6) is 0.337. The molecule has 0 aliphatic rings. The van der Waals surface area contributed by atoms with Gasteiger partial charge in [-0.2, -0.15) is 0 Å². The van der Waals surface area contributed by atoms with E-state index in [-0.39, 0.29) is 10.8 Å². The summed E-state index contributed by atoms with van der Waals surface area (Å²) < 4.78 is 0. The molecule has 1 aromatic heterocycles. The molecule has 0 fully saturated rings. The molecule has 4 aromatic carbocycles. The van der Waals surface area contributed by atoms with Gasteiger partial charge in [0.1, 0.15) is 10.8 Å². The quantitative estimate of drug-likeness (QED) is 0.264. The summed E-state index contributed by atoms with van der Waals surface area (Å²) in [4.78, 5) is 5.12. The Hall–Kier alpha value is -3.17. The molecule has 0 aliphatic heterocycles. The maximum atomic E-state index is 11.4. The zero-order valence-corrected chi connectivity index (χ0v) is 21.5. The third kappa shape index (κ3) is 3.88.